The van der Waals surface area contributed by atoms with Crippen LogP contribution in [0, 0.1) is 0 Å². The van der Waals surface area contributed by atoms with Crippen molar-refractivity contribution in [3.8, 4) is 0 Å². The molecule has 0 heterocycles. The number of anilines is 1. The zero-order chi connectivity index (χ0) is 21.9. The third-order valence-electron chi connectivity index (χ3n) is 5.00. The molecular formula is C24H33N3O3. The molecule has 2 N–H and O–H groups in total. The second-order valence-electron chi connectivity index (χ2n) is 7.87. The Morgan fingerprint density at radius 1 is 0.967 bits per heavy atom. The molecule has 0 unspecified atom stereocenters. The Labute approximate surface area is 179 Å². The van der Waals surface area contributed by atoms with E-state index in [2.05, 4.69) is 10.6 Å². The zero-order valence-electron chi connectivity index (χ0n) is 18.2. The van der Waals surface area contributed by atoms with Crippen molar-refractivity contribution in [2.75, 3.05) is 26.0 Å². The Bertz CT molecular complexity index is 858. The van der Waals surface area contributed by atoms with Crippen LogP contribution >= 0.6 is 0 Å². The predicted octanol–water partition coefficient (Wildman–Crippen LogP) is 3.75. The van der Waals surface area contributed by atoms with Crippen LogP contribution in [0.4, 0.5) is 5.69 Å². The number of benzene rings is 2. The number of unbranched alkanes of at least 4 members (excludes halogenated alkanes) is 2. The highest BCUT2D eigenvalue weighted by atomic mass is 16.2. The molecule has 2 aromatic rings. The summed E-state index contributed by atoms with van der Waals surface area (Å²) in [6, 6.07) is 13.0. The van der Waals surface area contributed by atoms with Crippen LogP contribution in [-0.2, 0) is 14.4 Å². The number of carbonyl (C=O) groups is 3. The van der Waals surface area contributed by atoms with Crippen molar-refractivity contribution < 1.29 is 14.4 Å². The molecule has 30 heavy (non-hydrogen) atoms. The van der Waals surface area contributed by atoms with Crippen molar-refractivity contribution in [2.24, 2.45) is 0 Å². The lowest BCUT2D eigenvalue weighted by Gasteiger charge is -2.20. The Hall–Kier alpha value is -2.73. The highest BCUT2D eigenvalue weighted by Crippen LogP contribution is 2.23. The molecule has 0 fully saturated rings. The molecule has 2 amide bonds. The lowest BCUT2D eigenvalue weighted by molar-refractivity contribution is -0.127. The highest BCUT2D eigenvalue weighted by Gasteiger charge is 2.21. The van der Waals surface area contributed by atoms with Crippen LogP contribution in [0.15, 0.2) is 42.5 Å². The number of amides is 2. The summed E-state index contributed by atoms with van der Waals surface area (Å²) >= 11 is 0. The summed E-state index contributed by atoms with van der Waals surface area (Å²) in [5.41, 5.74) is 0.735. The van der Waals surface area contributed by atoms with Gasteiger partial charge in [-0.15, -0.1) is 0 Å². The molecule has 0 aliphatic carbocycles. The second-order valence-corrected chi connectivity index (χ2v) is 7.87. The molecule has 0 saturated carbocycles. The smallest absolute Gasteiger partial charge is 0.246 e. The minimum Gasteiger partial charge on any atom is -0.343 e. The first-order valence-electron chi connectivity index (χ1n) is 10.6. The van der Waals surface area contributed by atoms with Gasteiger partial charge in [-0.1, -0.05) is 56.2 Å². The SMILES string of the molecule is CCC(=O)CCCCC[C@H](NC(=O)CN(C)C)C(=O)Nc1cccc2ccccc12. The maximum absolute atomic E-state index is 13.0. The maximum atomic E-state index is 13.0. The lowest BCUT2D eigenvalue weighted by Crippen LogP contribution is -2.46. The number of fused-ring (bicyclic) bond motifs is 1. The van der Waals surface area contributed by atoms with Crippen LogP contribution in [0.3, 0.4) is 0 Å². The van der Waals surface area contributed by atoms with Crippen molar-refractivity contribution >= 4 is 34.1 Å². The first-order chi connectivity index (χ1) is 14.4. The summed E-state index contributed by atoms with van der Waals surface area (Å²) in [5, 5.41) is 7.87. The van der Waals surface area contributed by atoms with Crippen LogP contribution in [0.1, 0.15) is 45.4 Å². The molecule has 6 heteroatoms. The number of ketones is 1. The summed E-state index contributed by atoms with van der Waals surface area (Å²) in [6.45, 7) is 2.10. The Morgan fingerprint density at radius 2 is 1.70 bits per heavy atom. The standard InChI is InChI=1S/C24H33N3O3/c1-4-19(28)13-6-5-7-15-22(25-23(29)17-27(2)3)24(30)26-21-16-10-12-18-11-8-9-14-20(18)21/h8-12,14,16,22H,4-7,13,15,17H2,1-3H3,(H,25,29)(H,26,30)/t22-/m0/s1. The summed E-state index contributed by atoms with van der Waals surface area (Å²) in [7, 11) is 3.63. The van der Waals surface area contributed by atoms with E-state index in [0.717, 1.165) is 35.7 Å². The molecule has 0 aliphatic heterocycles. The number of rotatable bonds is 12. The fourth-order valence-corrected chi connectivity index (χ4v) is 3.37. The lowest BCUT2D eigenvalue weighted by atomic mass is 10.0. The molecule has 0 radical (unpaired) electrons. The van der Waals surface area contributed by atoms with Gasteiger partial charge in [0.1, 0.15) is 11.8 Å². The molecule has 1 atom stereocenters. The van der Waals surface area contributed by atoms with E-state index in [-0.39, 0.29) is 24.1 Å². The van der Waals surface area contributed by atoms with Crippen LogP contribution in [0.25, 0.3) is 10.8 Å². The van der Waals surface area contributed by atoms with Gasteiger partial charge in [-0.3, -0.25) is 14.4 Å². The molecule has 0 bridgehead atoms. The molecule has 162 valence electrons. The number of Topliss-reactive ketones (excluding diaryl/α,β-unsaturated/α-hetero) is 1. The van der Waals surface area contributed by atoms with Crippen molar-refractivity contribution in [3.63, 3.8) is 0 Å². The fraction of sp³-hybridized carbons (Fsp3) is 0.458. The Balaban J connectivity index is 2.03. The fourth-order valence-electron chi connectivity index (χ4n) is 3.37. The van der Waals surface area contributed by atoms with Gasteiger partial charge in [-0.2, -0.15) is 0 Å². The molecule has 0 saturated heterocycles. The van der Waals surface area contributed by atoms with Crippen LogP contribution in [0.5, 0.6) is 0 Å². The van der Waals surface area contributed by atoms with Gasteiger partial charge in [0.2, 0.25) is 11.8 Å². The largest absolute Gasteiger partial charge is 0.343 e. The normalized spacial score (nSPS) is 12.0. The van der Waals surface area contributed by atoms with Gasteiger partial charge in [0, 0.05) is 23.9 Å². The molecule has 0 aromatic heterocycles. The van der Waals surface area contributed by atoms with E-state index in [0.29, 0.717) is 19.3 Å². The monoisotopic (exact) mass is 411 g/mol. The number of carbonyl (C=O) groups excluding carboxylic acids is 3. The first-order valence-corrected chi connectivity index (χ1v) is 10.6. The summed E-state index contributed by atoms with van der Waals surface area (Å²) in [5.74, 6) is -0.137. The summed E-state index contributed by atoms with van der Waals surface area (Å²) in [6.07, 6.45) is 4.12. The van der Waals surface area contributed by atoms with Gasteiger partial charge >= 0.3 is 0 Å². The number of hydrogen-bond donors (Lipinski definition) is 2. The van der Waals surface area contributed by atoms with Crippen LogP contribution in [0.2, 0.25) is 0 Å². The first kappa shape index (κ1) is 23.5. The van der Waals surface area contributed by atoms with E-state index in [1.807, 2.05) is 63.5 Å². The van der Waals surface area contributed by atoms with Gasteiger partial charge in [-0.25, -0.2) is 0 Å². The van der Waals surface area contributed by atoms with Crippen molar-refractivity contribution in [1.82, 2.24) is 10.2 Å². The summed E-state index contributed by atoms with van der Waals surface area (Å²) in [4.78, 5) is 38.5. The van der Waals surface area contributed by atoms with Gasteiger partial charge in [0.25, 0.3) is 0 Å². The van der Waals surface area contributed by atoms with Gasteiger partial charge in [0.15, 0.2) is 0 Å². The summed E-state index contributed by atoms with van der Waals surface area (Å²) < 4.78 is 0. The number of likely N-dealkylation sites (N-methyl/N-ethyl adjacent to an activating group) is 1. The van der Waals surface area contributed by atoms with E-state index in [9.17, 15) is 14.4 Å². The van der Waals surface area contributed by atoms with Crippen molar-refractivity contribution in [2.45, 2.75) is 51.5 Å². The van der Waals surface area contributed by atoms with Crippen molar-refractivity contribution in [1.29, 1.82) is 0 Å². The average Bonchev–Trinajstić information content (AvgIpc) is 2.72. The van der Waals surface area contributed by atoms with Crippen molar-refractivity contribution in [3.05, 3.63) is 42.5 Å². The van der Waals surface area contributed by atoms with E-state index in [4.69, 9.17) is 0 Å². The van der Waals surface area contributed by atoms with Gasteiger partial charge in [-0.05, 0) is 38.4 Å². The quantitative estimate of drug-likeness (QED) is 0.522. The zero-order valence-corrected chi connectivity index (χ0v) is 18.2. The minimum absolute atomic E-state index is 0.181. The number of nitrogens with one attached hydrogen (secondary N) is 2. The predicted molar refractivity (Wildman–Crippen MR) is 121 cm³/mol. The number of nitrogens with zero attached hydrogens (tertiary/aromatic N) is 1. The molecular weight excluding hydrogens is 378 g/mol. The van der Waals surface area contributed by atoms with E-state index in [1.165, 1.54) is 0 Å². The topological polar surface area (TPSA) is 78.5 Å². The molecule has 0 aliphatic rings. The molecule has 2 aromatic carbocycles. The van der Waals surface area contributed by atoms with Gasteiger partial charge < -0.3 is 15.5 Å². The van der Waals surface area contributed by atoms with E-state index in [1.54, 1.807) is 4.90 Å². The van der Waals surface area contributed by atoms with Crippen LogP contribution in [-0.4, -0.2) is 49.2 Å². The van der Waals surface area contributed by atoms with Gasteiger partial charge in [0.05, 0.1) is 6.54 Å². The van der Waals surface area contributed by atoms with E-state index < -0.39 is 6.04 Å². The van der Waals surface area contributed by atoms with E-state index >= 15 is 0 Å². The molecule has 6 nitrogen and oxygen atoms in total. The minimum atomic E-state index is -0.613. The maximum Gasteiger partial charge on any atom is 0.246 e. The highest BCUT2D eigenvalue weighted by molar-refractivity contribution is 6.04. The van der Waals surface area contributed by atoms with Crippen LogP contribution < -0.4 is 10.6 Å². The molecule has 0 spiro atoms. The Kier molecular flexibility index (Phi) is 9.48. The molecule has 2 rings (SSSR count). The average molecular weight is 412 g/mol. The Morgan fingerprint density at radius 3 is 2.43 bits per heavy atom. The second kappa shape index (κ2) is 12.1. The number of hydrogen-bond acceptors (Lipinski definition) is 4. The third-order valence-corrected chi connectivity index (χ3v) is 5.00. The third kappa shape index (κ3) is 7.59.